The molecule has 5 unspecified atom stereocenters. The molecule has 0 bridgehead atoms. The van der Waals surface area contributed by atoms with E-state index >= 15 is 0 Å². The van der Waals surface area contributed by atoms with Crippen molar-refractivity contribution in [3.63, 3.8) is 0 Å². The number of carbonyl (C=O) groups excluding carboxylic acids is 3. The summed E-state index contributed by atoms with van der Waals surface area (Å²) in [4.78, 5) is 57.7. The number of allylic oxidation sites excluding steroid dienone is 1. The maximum atomic E-state index is 14.3. The van der Waals surface area contributed by atoms with Crippen molar-refractivity contribution in [2.75, 3.05) is 25.1 Å². The average Bonchev–Trinajstić information content (AvgIpc) is 3.36. The number of halogens is 2. The minimum atomic E-state index is -1.10. The second-order valence-corrected chi connectivity index (χ2v) is 13.4. The van der Waals surface area contributed by atoms with Gasteiger partial charge in [-0.05, 0) is 68.2 Å². The molecular weight excluding hydrogens is 611 g/mol. The number of ether oxygens (including phenoxy) is 1. The average molecular weight is 645 g/mol. The molecule has 44 heavy (non-hydrogen) atoms. The normalized spacial score (nSPS) is 24.7. The quantitative estimate of drug-likeness (QED) is 0.314. The Morgan fingerprint density at radius 1 is 1.27 bits per heavy atom. The lowest BCUT2D eigenvalue weighted by Crippen LogP contribution is -2.56. The lowest BCUT2D eigenvalue weighted by Gasteiger charge is -2.44. The number of carbonyl (C=O) groups is 3. The van der Waals surface area contributed by atoms with Crippen molar-refractivity contribution < 1.29 is 28.6 Å². The van der Waals surface area contributed by atoms with Gasteiger partial charge in [0.15, 0.2) is 5.75 Å². The first-order valence-electron chi connectivity index (χ1n) is 14.7. The summed E-state index contributed by atoms with van der Waals surface area (Å²) in [5.74, 6) is -2.20. The van der Waals surface area contributed by atoms with Crippen LogP contribution in [0.3, 0.4) is 0 Å². The van der Waals surface area contributed by atoms with Crippen molar-refractivity contribution in [2.45, 2.75) is 57.0 Å². The molecule has 2 aliphatic carbocycles. The number of benzene rings is 1. The Balaban J connectivity index is 1.35. The van der Waals surface area contributed by atoms with Crippen LogP contribution in [-0.2, 0) is 28.2 Å². The minimum Gasteiger partial charge on any atom is -0.502 e. The summed E-state index contributed by atoms with van der Waals surface area (Å²) in [5.41, 5.74) is 4.92. The van der Waals surface area contributed by atoms with E-state index in [2.05, 4.69) is 6.08 Å². The van der Waals surface area contributed by atoms with Gasteiger partial charge in [-0.15, -0.1) is 0 Å². The SMILES string of the molecule is CSCCC(N)C(=O)OC(C)CN1C(=O)c2c3c(c(O)c(=O)n2C12CCC1C=CC12)C(=O)N(Cc1ccc(F)c(Cl)c1)CC3. The fourth-order valence-electron chi connectivity index (χ4n) is 7.18. The van der Waals surface area contributed by atoms with E-state index in [0.29, 0.717) is 29.7 Å². The standard InChI is InChI=1S/C31H34ClFN4O6S/c1-16(43-30(42)23(34)9-12-44-2)14-36-28(40)25-19-8-11-35(15-17-3-6-22(33)21(32)13-17)27(39)24(19)26(38)29(41)37(25)31(36)10-7-18-4-5-20(18)31/h3-6,13,16,18,20,23,38H,7-12,14-15,34H2,1-2H3. The maximum absolute atomic E-state index is 14.3. The number of aromatic hydroxyl groups is 1. The highest BCUT2D eigenvalue weighted by molar-refractivity contribution is 7.98. The molecule has 1 aromatic carbocycles. The number of nitrogens with two attached hydrogens (primary N) is 1. The number of thioether (sulfide) groups is 1. The highest BCUT2D eigenvalue weighted by Crippen LogP contribution is 2.56. The number of hydrogen-bond acceptors (Lipinski definition) is 8. The Hall–Kier alpha value is -3.35. The molecule has 10 nitrogen and oxygen atoms in total. The van der Waals surface area contributed by atoms with Crippen LogP contribution in [0, 0.1) is 17.7 Å². The van der Waals surface area contributed by atoms with E-state index in [-0.39, 0.29) is 54.2 Å². The monoisotopic (exact) mass is 644 g/mol. The zero-order chi connectivity index (χ0) is 31.5. The topological polar surface area (TPSA) is 135 Å². The van der Waals surface area contributed by atoms with Crippen LogP contribution in [0.5, 0.6) is 5.75 Å². The molecule has 2 amide bonds. The summed E-state index contributed by atoms with van der Waals surface area (Å²) >= 11 is 7.50. The van der Waals surface area contributed by atoms with E-state index in [0.717, 1.165) is 6.42 Å². The van der Waals surface area contributed by atoms with Gasteiger partial charge >= 0.3 is 5.97 Å². The van der Waals surface area contributed by atoms with Crippen molar-refractivity contribution in [1.29, 1.82) is 0 Å². The summed E-state index contributed by atoms with van der Waals surface area (Å²) in [5, 5.41) is 11.2. The third kappa shape index (κ3) is 4.73. The fourth-order valence-corrected chi connectivity index (χ4v) is 7.87. The Bertz CT molecular complexity index is 1650. The third-order valence-corrected chi connectivity index (χ3v) is 10.3. The zero-order valence-corrected chi connectivity index (χ0v) is 26.0. The molecular formula is C31H34ClFN4O6S. The van der Waals surface area contributed by atoms with Gasteiger partial charge in [-0.1, -0.05) is 29.8 Å². The molecule has 3 N–H and O–H groups in total. The first kappa shape index (κ1) is 30.7. The highest BCUT2D eigenvalue weighted by Gasteiger charge is 2.62. The summed E-state index contributed by atoms with van der Waals surface area (Å²) in [7, 11) is 0. The van der Waals surface area contributed by atoms with E-state index < -0.39 is 52.7 Å². The van der Waals surface area contributed by atoms with Crippen LogP contribution in [0.1, 0.15) is 58.2 Å². The van der Waals surface area contributed by atoms with Gasteiger partial charge in [0.05, 0.1) is 17.1 Å². The van der Waals surface area contributed by atoms with Crippen molar-refractivity contribution in [3.05, 3.63) is 73.9 Å². The molecule has 3 heterocycles. The van der Waals surface area contributed by atoms with Gasteiger partial charge < -0.3 is 25.4 Å². The molecule has 5 atom stereocenters. The predicted molar refractivity (Wildman–Crippen MR) is 163 cm³/mol. The largest absolute Gasteiger partial charge is 0.502 e. The van der Waals surface area contributed by atoms with Crippen LogP contribution in [0.15, 0.2) is 35.1 Å². The molecule has 4 aliphatic rings. The predicted octanol–water partition coefficient (Wildman–Crippen LogP) is 3.26. The van der Waals surface area contributed by atoms with Gasteiger partial charge in [0.2, 0.25) is 0 Å². The Labute approximate surface area is 263 Å². The van der Waals surface area contributed by atoms with Crippen molar-refractivity contribution in [1.82, 2.24) is 14.4 Å². The van der Waals surface area contributed by atoms with Crippen molar-refractivity contribution in [2.24, 2.45) is 17.6 Å². The first-order chi connectivity index (χ1) is 21.0. The van der Waals surface area contributed by atoms with Crippen LogP contribution >= 0.6 is 23.4 Å². The molecule has 6 rings (SSSR count). The van der Waals surface area contributed by atoms with Gasteiger partial charge in [-0.3, -0.25) is 23.7 Å². The maximum Gasteiger partial charge on any atom is 0.323 e. The molecule has 1 fully saturated rings. The first-order valence-corrected chi connectivity index (χ1v) is 16.5. The Kier molecular flexibility index (Phi) is 8.04. The summed E-state index contributed by atoms with van der Waals surface area (Å²) in [6, 6.07) is 3.36. The van der Waals surface area contributed by atoms with Gasteiger partial charge in [0, 0.05) is 24.6 Å². The second-order valence-electron chi connectivity index (χ2n) is 12.0. The summed E-state index contributed by atoms with van der Waals surface area (Å²) < 4.78 is 20.8. The van der Waals surface area contributed by atoms with E-state index in [4.69, 9.17) is 22.1 Å². The van der Waals surface area contributed by atoms with Gasteiger partial charge in [-0.25, -0.2) is 4.39 Å². The van der Waals surface area contributed by atoms with Gasteiger partial charge in [0.25, 0.3) is 17.4 Å². The van der Waals surface area contributed by atoms with E-state index in [9.17, 15) is 28.7 Å². The lowest BCUT2D eigenvalue weighted by atomic mass is 9.79. The van der Waals surface area contributed by atoms with Crippen LogP contribution < -0.4 is 11.3 Å². The number of pyridine rings is 1. The lowest BCUT2D eigenvalue weighted by molar-refractivity contribution is -0.151. The molecule has 1 saturated carbocycles. The minimum absolute atomic E-state index is 0.0128. The molecule has 2 aromatic rings. The third-order valence-electron chi connectivity index (χ3n) is 9.35. The van der Waals surface area contributed by atoms with Crippen LogP contribution in [0.25, 0.3) is 0 Å². The fraction of sp³-hybridized carbons (Fsp3) is 0.484. The van der Waals surface area contributed by atoms with Gasteiger partial charge in [0.1, 0.15) is 29.3 Å². The second kappa shape index (κ2) is 11.5. The summed E-state index contributed by atoms with van der Waals surface area (Å²) in [6.45, 7) is 1.99. The smallest absolute Gasteiger partial charge is 0.323 e. The van der Waals surface area contributed by atoms with Crippen LogP contribution in [0.2, 0.25) is 5.02 Å². The Morgan fingerprint density at radius 2 is 2.05 bits per heavy atom. The molecule has 0 radical (unpaired) electrons. The summed E-state index contributed by atoms with van der Waals surface area (Å²) in [6.07, 6.45) is 7.10. The van der Waals surface area contributed by atoms with Crippen LogP contribution in [-0.4, -0.2) is 74.5 Å². The molecule has 0 saturated heterocycles. The number of fused-ring (bicyclic) bond motifs is 6. The molecule has 13 heteroatoms. The number of hydrogen-bond donors (Lipinski definition) is 2. The highest BCUT2D eigenvalue weighted by atomic mass is 35.5. The Morgan fingerprint density at radius 3 is 2.70 bits per heavy atom. The number of amides is 2. The van der Waals surface area contributed by atoms with Crippen molar-refractivity contribution >= 4 is 41.1 Å². The van der Waals surface area contributed by atoms with E-state index in [1.165, 1.54) is 27.7 Å². The van der Waals surface area contributed by atoms with E-state index in [1.54, 1.807) is 23.6 Å². The van der Waals surface area contributed by atoms with E-state index in [1.807, 2.05) is 12.3 Å². The molecule has 2 aliphatic heterocycles. The number of rotatable bonds is 9. The number of nitrogens with zero attached hydrogens (tertiary/aromatic N) is 3. The van der Waals surface area contributed by atoms with Crippen molar-refractivity contribution in [3.8, 4) is 5.75 Å². The molecule has 1 spiro atoms. The number of aromatic nitrogens is 1. The van der Waals surface area contributed by atoms with Gasteiger partial charge in [-0.2, -0.15) is 11.8 Å². The number of esters is 1. The zero-order valence-electron chi connectivity index (χ0n) is 24.4. The molecule has 234 valence electrons. The molecule has 1 aromatic heterocycles. The van der Waals surface area contributed by atoms with Crippen LogP contribution in [0.4, 0.5) is 4.39 Å².